The number of anilines is 3. The second kappa shape index (κ2) is 5.32. The van der Waals surface area contributed by atoms with Crippen molar-refractivity contribution in [1.29, 1.82) is 5.26 Å². The molecule has 0 saturated carbocycles. The summed E-state index contributed by atoms with van der Waals surface area (Å²) < 4.78 is 1.50. The number of urea groups is 1. The van der Waals surface area contributed by atoms with E-state index >= 15 is 0 Å². The van der Waals surface area contributed by atoms with Crippen LogP contribution in [0.2, 0.25) is 0 Å². The number of rotatable bonds is 2. The number of carbonyl (C=O) groups excluding carboxylic acids is 1. The Morgan fingerprint density at radius 2 is 2.00 bits per heavy atom. The number of nitrogens with two attached hydrogens (primary N) is 1. The lowest BCUT2D eigenvalue weighted by Gasteiger charge is -2.08. The van der Waals surface area contributed by atoms with E-state index in [-0.39, 0.29) is 0 Å². The van der Waals surface area contributed by atoms with Gasteiger partial charge in [0.25, 0.3) is 0 Å². The lowest BCUT2D eigenvalue weighted by Crippen LogP contribution is -2.21. The van der Waals surface area contributed by atoms with E-state index < -0.39 is 6.03 Å². The summed E-state index contributed by atoms with van der Waals surface area (Å²) in [5.41, 5.74) is 8.02. The molecule has 4 N–H and O–H groups in total. The molecule has 1 aromatic heterocycles. The number of hydrogen-bond donors (Lipinski definition) is 3. The molecule has 2 aromatic rings. The second-order valence-electron chi connectivity index (χ2n) is 4.24. The van der Waals surface area contributed by atoms with Crippen molar-refractivity contribution in [2.45, 2.75) is 6.92 Å². The molecule has 0 radical (unpaired) electrons. The van der Waals surface area contributed by atoms with Crippen LogP contribution in [0.15, 0.2) is 24.3 Å². The van der Waals surface area contributed by atoms with E-state index in [0.717, 1.165) is 0 Å². The van der Waals surface area contributed by atoms with E-state index in [1.54, 1.807) is 38.2 Å². The number of nitrogens with one attached hydrogen (secondary N) is 2. The highest BCUT2D eigenvalue weighted by Gasteiger charge is 2.12. The monoisotopic (exact) mass is 270 g/mol. The van der Waals surface area contributed by atoms with Crippen LogP contribution < -0.4 is 16.4 Å². The molecule has 7 heteroatoms. The average Bonchev–Trinajstić information content (AvgIpc) is 2.66. The zero-order valence-corrected chi connectivity index (χ0v) is 11.1. The van der Waals surface area contributed by atoms with Gasteiger partial charge in [0.2, 0.25) is 0 Å². The molecule has 0 fully saturated rings. The normalized spacial score (nSPS) is 9.85. The highest BCUT2D eigenvalue weighted by atomic mass is 16.2. The van der Waals surface area contributed by atoms with Crippen LogP contribution in [0, 0.1) is 18.3 Å². The minimum atomic E-state index is -0.426. The number of nitriles is 1. The van der Waals surface area contributed by atoms with Crippen molar-refractivity contribution in [2.24, 2.45) is 7.05 Å². The van der Waals surface area contributed by atoms with E-state index in [4.69, 9.17) is 11.0 Å². The lowest BCUT2D eigenvalue weighted by atomic mass is 10.2. The maximum absolute atomic E-state index is 11.9. The van der Waals surface area contributed by atoms with Crippen LogP contribution in [0.3, 0.4) is 0 Å². The first-order valence-corrected chi connectivity index (χ1v) is 5.88. The third-order valence-corrected chi connectivity index (χ3v) is 2.77. The minimum Gasteiger partial charge on any atom is -0.394 e. The van der Waals surface area contributed by atoms with E-state index in [1.807, 2.05) is 6.07 Å². The van der Waals surface area contributed by atoms with E-state index in [9.17, 15) is 4.79 Å². The lowest BCUT2D eigenvalue weighted by molar-refractivity contribution is 0.262. The molecule has 7 nitrogen and oxygen atoms in total. The van der Waals surface area contributed by atoms with Gasteiger partial charge in [-0.1, -0.05) is 0 Å². The van der Waals surface area contributed by atoms with Crippen LogP contribution in [0.25, 0.3) is 0 Å². The standard InChI is InChI=1S/C13H14N6O/c1-8-11(15)12(19(2)18-8)17-13(20)16-10-5-3-9(7-14)4-6-10/h3-6H,15H2,1-2H3,(H2,16,17,20). The number of nitrogen functional groups attached to an aromatic ring is 1. The number of nitrogens with zero attached hydrogens (tertiary/aromatic N) is 3. The Labute approximate surface area is 116 Å². The predicted octanol–water partition coefficient (Wildman–Crippen LogP) is 1.83. The maximum Gasteiger partial charge on any atom is 0.324 e. The Balaban J connectivity index is 2.07. The first kappa shape index (κ1) is 13.4. The molecule has 0 bridgehead atoms. The summed E-state index contributed by atoms with van der Waals surface area (Å²) in [6, 6.07) is 8.13. The SMILES string of the molecule is Cc1nn(C)c(NC(=O)Nc2ccc(C#N)cc2)c1N. The molecule has 0 atom stereocenters. The second-order valence-corrected chi connectivity index (χ2v) is 4.24. The van der Waals surface area contributed by atoms with Gasteiger partial charge in [0, 0.05) is 12.7 Å². The van der Waals surface area contributed by atoms with Crippen LogP contribution >= 0.6 is 0 Å². The van der Waals surface area contributed by atoms with Gasteiger partial charge in [-0.25, -0.2) is 4.79 Å². The summed E-state index contributed by atoms with van der Waals surface area (Å²) in [5, 5.41) is 18.1. The largest absolute Gasteiger partial charge is 0.394 e. The van der Waals surface area contributed by atoms with E-state index in [2.05, 4.69) is 15.7 Å². The van der Waals surface area contributed by atoms with Gasteiger partial charge < -0.3 is 11.1 Å². The van der Waals surface area contributed by atoms with Crippen LogP contribution in [-0.2, 0) is 7.05 Å². The summed E-state index contributed by atoms with van der Waals surface area (Å²) in [7, 11) is 1.70. The Bertz CT molecular complexity index is 680. The molecule has 102 valence electrons. The van der Waals surface area contributed by atoms with Gasteiger partial charge in [-0.15, -0.1) is 0 Å². The highest BCUT2D eigenvalue weighted by molar-refractivity contribution is 6.01. The summed E-state index contributed by atoms with van der Waals surface area (Å²) in [6.45, 7) is 1.76. The van der Waals surface area contributed by atoms with Gasteiger partial charge in [-0.05, 0) is 31.2 Å². The minimum absolute atomic E-state index is 0.426. The zero-order valence-electron chi connectivity index (χ0n) is 11.1. The number of aryl methyl sites for hydroxylation is 2. The van der Waals surface area contributed by atoms with Crippen molar-refractivity contribution >= 4 is 23.2 Å². The van der Waals surface area contributed by atoms with Crippen LogP contribution in [0.5, 0.6) is 0 Å². The van der Waals surface area contributed by atoms with Gasteiger partial charge >= 0.3 is 6.03 Å². The number of amides is 2. The van der Waals surface area contributed by atoms with Crippen molar-refractivity contribution in [1.82, 2.24) is 9.78 Å². The predicted molar refractivity (Wildman–Crippen MR) is 76.2 cm³/mol. The molecular formula is C13H14N6O. The average molecular weight is 270 g/mol. The van der Waals surface area contributed by atoms with Crippen molar-refractivity contribution in [2.75, 3.05) is 16.4 Å². The number of aromatic nitrogens is 2. The molecule has 0 spiro atoms. The summed E-state index contributed by atoms with van der Waals surface area (Å²) in [6.07, 6.45) is 0. The third kappa shape index (κ3) is 2.70. The molecule has 0 unspecified atom stereocenters. The maximum atomic E-state index is 11.9. The Kier molecular flexibility index (Phi) is 3.57. The molecule has 1 aromatic carbocycles. The fraction of sp³-hybridized carbons (Fsp3) is 0.154. The first-order valence-electron chi connectivity index (χ1n) is 5.88. The van der Waals surface area contributed by atoms with Crippen molar-refractivity contribution < 1.29 is 4.79 Å². The Hall–Kier alpha value is -3.01. The van der Waals surface area contributed by atoms with Gasteiger partial charge in [0.1, 0.15) is 0 Å². The smallest absolute Gasteiger partial charge is 0.324 e. The summed E-state index contributed by atoms with van der Waals surface area (Å²) >= 11 is 0. The Morgan fingerprint density at radius 1 is 1.35 bits per heavy atom. The topological polar surface area (TPSA) is 109 Å². The molecule has 0 aliphatic rings. The number of benzene rings is 1. The molecule has 0 aliphatic heterocycles. The fourth-order valence-electron chi connectivity index (χ4n) is 1.72. The molecule has 0 aliphatic carbocycles. The van der Waals surface area contributed by atoms with Crippen LogP contribution in [0.1, 0.15) is 11.3 Å². The quantitative estimate of drug-likeness (QED) is 0.773. The number of hydrogen-bond acceptors (Lipinski definition) is 4. The Morgan fingerprint density at radius 3 is 2.50 bits per heavy atom. The van der Waals surface area contributed by atoms with Crippen molar-refractivity contribution in [3.8, 4) is 6.07 Å². The van der Waals surface area contributed by atoms with Gasteiger partial charge in [0.05, 0.1) is 23.0 Å². The summed E-state index contributed by atoms with van der Waals surface area (Å²) in [5.74, 6) is 0.439. The van der Waals surface area contributed by atoms with Crippen molar-refractivity contribution in [3.63, 3.8) is 0 Å². The molecule has 1 heterocycles. The van der Waals surface area contributed by atoms with Gasteiger partial charge in [0.15, 0.2) is 5.82 Å². The molecule has 0 saturated heterocycles. The molecular weight excluding hydrogens is 256 g/mol. The summed E-state index contributed by atoms with van der Waals surface area (Å²) in [4.78, 5) is 11.9. The highest BCUT2D eigenvalue weighted by Crippen LogP contribution is 2.21. The molecule has 2 amide bonds. The first-order chi connectivity index (χ1) is 9.51. The number of carbonyl (C=O) groups is 1. The van der Waals surface area contributed by atoms with Gasteiger partial charge in [-0.2, -0.15) is 10.4 Å². The van der Waals surface area contributed by atoms with E-state index in [0.29, 0.717) is 28.5 Å². The van der Waals surface area contributed by atoms with Crippen LogP contribution in [0.4, 0.5) is 22.0 Å². The zero-order chi connectivity index (χ0) is 14.7. The fourth-order valence-corrected chi connectivity index (χ4v) is 1.72. The third-order valence-electron chi connectivity index (χ3n) is 2.77. The van der Waals surface area contributed by atoms with Gasteiger partial charge in [-0.3, -0.25) is 10.00 Å². The van der Waals surface area contributed by atoms with E-state index in [1.165, 1.54) is 4.68 Å². The molecule has 2 rings (SSSR count). The van der Waals surface area contributed by atoms with Crippen LogP contribution in [-0.4, -0.2) is 15.8 Å². The van der Waals surface area contributed by atoms with Crippen molar-refractivity contribution in [3.05, 3.63) is 35.5 Å². The molecule has 20 heavy (non-hydrogen) atoms.